The topological polar surface area (TPSA) is 57.6 Å². The highest BCUT2D eigenvalue weighted by Crippen LogP contribution is 2.43. The second-order valence-electron chi connectivity index (χ2n) is 7.68. The van der Waals surface area contributed by atoms with E-state index in [-0.39, 0.29) is 17.9 Å². The lowest BCUT2D eigenvalue weighted by atomic mass is 9.82. The van der Waals surface area contributed by atoms with Crippen LogP contribution in [0.4, 0.5) is 0 Å². The average molecular weight is 384 g/mol. The molecule has 0 fully saturated rings. The molecule has 5 heteroatoms. The first-order valence-electron chi connectivity index (χ1n) is 8.79. The Morgan fingerprint density at radius 3 is 2.26 bits per heavy atom. The van der Waals surface area contributed by atoms with Gasteiger partial charge in [-0.1, -0.05) is 80.9 Å². The Bertz CT molecular complexity index is 913. The molecule has 2 aromatic rings. The van der Waals surface area contributed by atoms with Crippen molar-refractivity contribution in [2.75, 3.05) is 0 Å². The van der Waals surface area contributed by atoms with Crippen molar-refractivity contribution in [1.82, 2.24) is 4.90 Å². The fraction of sp³-hybridized carbons (Fsp3) is 0.273. The number of aliphatic hydroxyl groups excluding tert-OH is 1. The molecule has 0 aliphatic carbocycles. The SMILES string of the molecule is CC(C)(C)C(=O)C1=C(O)C(=O)N(Cc2ccccc2)[C@H]1c1ccccc1Cl. The number of carbonyl (C=O) groups excluding carboxylic acids is 2. The van der Waals surface area contributed by atoms with Gasteiger partial charge in [-0.05, 0) is 17.2 Å². The van der Waals surface area contributed by atoms with Gasteiger partial charge in [0.15, 0.2) is 11.5 Å². The van der Waals surface area contributed by atoms with Gasteiger partial charge in [0.1, 0.15) is 0 Å². The van der Waals surface area contributed by atoms with Gasteiger partial charge >= 0.3 is 0 Å². The third kappa shape index (κ3) is 3.62. The van der Waals surface area contributed by atoms with Crippen LogP contribution in [0.5, 0.6) is 0 Å². The maximum atomic E-state index is 13.1. The number of aliphatic hydroxyl groups is 1. The van der Waals surface area contributed by atoms with Crippen molar-refractivity contribution in [3.8, 4) is 0 Å². The number of Topliss-reactive ketones (excluding diaryl/α,β-unsaturated/α-hetero) is 1. The molecule has 2 aromatic carbocycles. The van der Waals surface area contributed by atoms with Gasteiger partial charge in [-0.2, -0.15) is 0 Å². The molecule has 1 aliphatic rings. The largest absolute Gasteiger partial charge is 0.503 e. The van der Waals surface area contributed by atoms with Gasteiger partial charge in [0.05, 0.1) is 11.6 Å². The maximum absolute atomic E-state index is 13.1. The van der Waals surface area contributed by atoms with Crippen LogP contribution in [0.2, 0.25) is 5.02 Å². The number of halogens is 1. The normalized spacial score (nSPS) is 17.6. The van der Waals surface area contributed by atoms with Crippen LogP contribution in [0, 0.1) is 5.41 Å². The molecular weight excluding hydrogens is 362 g/mol. The number of amides is 1. The summed E-state index contributed by atoms with van der Waals surface area (Å²) in [5, 5.41) is 11.0. The molecule has 27 heavy (non-hydrogen) atoms. The first kappa shape index (κ1) is 19.2. The zero-order chi connectivity index (χ0) is 19.8. The van der Waals surface area contributed by atoms with Crippen LogP contribution >= 0.6 is 11.6 Å². The second kappa shape index (κ2) is 7.20. The molecule has 1 aliphatic heterocycles. The molecule has 3 rings (SSSR count). The Balaban J connectivity index is 2.13. The van der Waals surface area contributed by atoms with Gasteiger partial charge in [0.2, 0.25) is 0 Å². The molecule has 1 atom stereocenters. The summed E-state index contributed by atoms with van der Waals surface area (Å²) in [7, 11) is 0. The van der Waals surface area contributed by atoms with Crippen molar-refractivity contribution >= 4 is 23.3 Å². The van der Waals surface area contributed by atoms with Crippen LogP contribution in [0.1, 0.15) is 37.9 Å². The van der Waals surface area contributed by atoms with Crippen LogP contribution in [0.25, 0.3) is 0 Å². The maximum Gasteiger partial charge on any atom is 0.290 e. The molecule has 140 valence electrons. The van der Waals surface area contributed by atoms with Crippen molar-refractivity contribution in [1.29, 1.82) is 0 Å². The second-order valence-corrected chi connectivity index (χ2v) is 8.09. The fourth-order valence-electron chi connectivity index (χ4n) is 3.25. The van der Waals surface area contributed by atoms with Gasteiger partial charge < -0.3 is 10.0 Å². The zero-order valence-electron chi connectivity index (χ0n) is 15.6. The summed E-state index contributed by atoms with van der Waals surface area (Å²) < 4.78 is 0. The number of hydrogen-bond donors (Lipinski definition) is 1. The van der Waals surface area contributed by atoms with Gasteiger partial charge in [0.25, 0.3) is 5.91 Å². The minimum atomic E-state index is -0.744. The predicted octanol–water partition coefficient (Wildman–Crippen LogP) is 4.85. The summed E-state index contributed by atoms with van der Waals surface area (Å²) in [5.41, 5.74) is 0.892. The number of carbonyl (C=O) groups is 2. The molecule has 0 saturated carbocycles. The lowest BCUT2D eigenvalue weighted by Gasteiger charge is -2.29. The third-order valence-corrected chi connectivity index (χ3v) is 4.97. The summed E-state index contributed by atoms with van der Waals surface area (Å²) in [4.78, 5) is 27.5. The lowest BCUT2D eigenvalue weighted by Crippen LogP contribution is -2.32. The number of hydrogen-bond acceptors (Lipinski definition) is 3. The first-order chi connectivity index (χ1) is 12.7. The van der Waals surface area contributed by atoms with Crippen molar-refractivity contribution < 1.29 is 14.7 Å². The highest BCUT2D eigenvalue weighted by Gasteiger charge is 2.46. The van der Waals surface area contributed by atoms with Gasteiger partial charge in [-0.15, -0.1) is 0 Å². The predicted molar refractivity (Wildman–Crippen MR) is 105 cm³/mol. The number of nitrogens with zero attached hydrogens (tertiary/aromatic N) is 1. The van der Waals surface area contributed by atoms with E-state index in [1.54, 1.807) is 45.0 Å². The van der Waals surface area contributed by atoms with E-state index in [1.165, 1.54) is 4.90 Å². The Kier molecular flexibility index (Phi) is 5.11. The van der Waals surface area contributed by atoms with E-state index in [0.29, 0.717) is 10.6 Å². The number of benzene rings is 2. The van der Waals surface area contributed by atoms with E-state index >= 15 is 0 Å². The highest BCUT2D eigenvalue weighted by molar-refractivity contribution is 6.31. The molecule has 0 unspecified atom stereocenters. The summed E-state index contributed by atoms with van der Waals surface area (Å²) >= 11 is 6.40. The smallest absolute Gasteiger partial charge is 0.290 e. The summed E-state index contributed by atoms with van der Waals surface area (Å²) in [6.45, 7) is 5.57. The molecule has 0 spiro atoms. The monoisotopic (exact) mass is 383 g/mol. The molecule has 0 saturated heterocycles. The van der Waals surface area contributed by atoms with Gasteiger partial charge in [-0.3, -0.25) is 9.59 Å². The minimum Gasteiger partial charge on any atom is -0.503 e. The van der Waals surface area contributed by atoms with Crippen LogP contribution in [0.3, 0.4) is 0 Å². The highest BCUT2D eigenvalue weighted by atomic mass is 35.5. The fourth-order valence-corrected chi connectivity index (χ4v) is 3.49. The molecule has 1 heterocycles. The minimum absolute atomic E-state index is 0.108. The van der Waals surface area contributed by atoms with E-state index in [0.717, 1.165) is 5.56 Å². The summed E-state index contributed by atoms with van der Waals surface area (Å²) in [6, 6.07) is 15.8. The van der Waals surface area contributed by atoms with E-state index in [1.807, 2.05) is 30.3 Å². The van der Waals surface area contributed by atoms with Crippen molar-refractivity contribution in [3.63, 3.8) is 0 Å². The Morgan fingerprint density at radius 1 is 1.07 bits per heavy atom. The lowest BCUT2D eigenvalue weighted by molar-refractivity contribution is -0.130. The Morgan fingerprint density at radius 2 is 1.67 bits per heavy atom. The van der Waals surface area contributed by atoms with Gasteiger partial charge in [0, 0.05) is 17.0 Å². The molecule has 0 aromatic heterocycles. The average Bonchev–Trinajstić information content (AvgIpc) is 2.86. The molecule has 0 bridgehead atoms. The van der Waals surface area contributed by atoms with Gasteiger partial charge in [-0.25, -0.2) is 0 Å². The van der Waals surface area contributed by atoms with E-state index in [9.17, 15) is 14.7 Å². The van der Waals surface area contributed by atoms with Crippen LogP contribution < -0.4 is 0 Å². The third-order valence-electron chi connectivity index (χ3n) is 4.63. The molecular formula is C22H22ClNO3. The van der Waals surface area contributed by atoms with E-state index in [4.69, 9.17) is 11.6 Å². The summed E-state index contributed by atoms with van der Waals surface area (Å²) in [6.07, 6.45) is 0. The zero-order valence-corrected chi connectivity index (χ0v) is 16.3. The molecule has 1 amide bonds. The van der Waals surface area contributed by atoms with Crippen molar-refractivity contribution in [2.24, 2.45) is 5.41 Å². The molecule has 1 N–H and O–H groups in total. The van der Waals surface area contributed by atoms with E-state index in [2.05, 4.69) is 0 Å². The van der Waals surface area contributed by atoms with Crippen LogP contribution in [0.15, 0.2) is 65.9 Å². The molecule has 0 radical (unpaired) electrons. The van der Waals surface area contributed by atoms with Crippen molar-refractivity contribution in [3.05, 3.63) is 82.1 Å². The van der Waals surface area contributed by atoms with Crippen molar-refractivity contribution in [2.45, 2.75) is 33.4 Å². The van der Waals surface area contributed by atoms with Crippen LogP contribution in [-0.4, -0.2) is 21.7 Å². The first-order valence-corrected chi connectivity index (χ1v) is 9.17. The Labute approximate surface area is 164 Å². The standard InChI is InChI=1S/C22H22ClNO3/c1-22(2,3)20(26)17-18(15-11-7-8-12-16(15)23)24(21(27)19(17)25)13-14-9-5-4-6-10-14/h4-12,18,25H,13H2,1-3H3/t18-/m0/s1. The quantitative estimate of drug-likeness (QED) is 0.820. The van der Waals surface area contributed by atoms with Crippen LogP contribution in [-0.2, 0) is 16.1 Å². The molecule has 4 nitrogen and oxygen atoms in total. The summed E-state index contributed by atoms with van der Waals surface area (Å²) in [5.74, 6) is -1.32. The van der Waals surface area contributed by atoms with E-state index < -0.39 is 23.1 Å². The Hall–Kier alpha value is -2.59. The number of ketones is 1. The number of rotatable bonds is 4.